The van der Waals surface area contributed by atoms with Crippen LogP contribution in [0.15, 0.2) is 204 Å². The standard InChI is InChI=1S/C27H26FN3O3S.C17H15BN2O2S.C16H16N2OS.C11H8BNO2.C11H12FNO3.C6H9NOS/c1-18-26(35-17-29-18)8-11-34-25-7-6-24(22-4-2-3-5-23(22)25)30-27(32)19-14-20(28)16-21(15-19)31-9-12-33-13-10-31;1-11-16(23-10-19-11)8-9-22-15-7-6-14(20-17(18)21)12-4-2-3-5-13(12)15;1-11-16(20-10-18-11)8-9-19-15-7-6-14(17)12-4-2-3-5-13(12)15;12-11(15)13-9-5-6-10(14)8-4-2-1-3-7(8)9;12-9-5-8(11(14)15)6-10(7-9)13-1-3-16-4-2-13;1-5-6(2-3-8)9-4-7-5/h2-7,14-17H,8-13H2,1H3,(H,30,32);2-7,10H,8-9H2,1H3,(H,20,21);2-7,10H,8-9,17H2,1H3;1-6,14H,(H,13,15);5-7H,1-4H2,(H,14,15);4,8H,2-3H2,1H3. The minimum absolute atomic E-state index is 0.0264. The highest BCUT2D eigenvalue weighted by molar-refractivity contribution is 7.10. The Balaban J connectivity index is 0.000000145. The number of carbonyl (C=O) groups excluding carboxylic acids is 3. The lowest BCUT2D eigenvalue weighted by atomic mass is 10.1. The fourth-order valence-corrected chi connectivity index (χ4v) is 15.9. The Kier molecular flexibility index (Phi) is 31.9. The topological polar surface area (TPSA) is 295 Å². The molecule has 118 heavy (non-hydrogen) atoms. The Hall–Kier alpha value is -11.9. The molecule has 4 radical (unpaired) electrons. The smallest absolute Gasteiger partial charge is 0.335 e. The Labute approximate surface area is 700 Å². The van der Waals surface area contributed by atoms with E-state index >= 15 is 0 Å². The van der Waals surface area contributed by atoms with Gasteiger partial charge >= 0.3 is 5.97 Å². The predicted molar refractivity (Wildman–Crippen MR) is 471 cm³/mol. The van der Waals surface area contributed by atoms with Crippen LogP contribution >= 0.6 is 45.3 Å². The quantitative estimate of drug-likeness (QED) is 0.0200. The Morgan fingerprint density at radius 3 is 1.18 bits per heavy atom. The summed E-state index contributed by atoms with van der Waals surface area (Å²) in [7, 11) is 10.3. The lowest BCUT2D eigenvalue weighted by Gasteiger charge is -2.29. The van der Waals surface area contributed by atoms with Crippen molar-refractivity contribution in [1.29, 1.82) is 0 Å². The van der Waals surface area contributed by atoms with Gasteiger partial charge in [-0.2, -0.15) is 0 Å². The number of thiazole rings is 4. The molecular weight excluding hydrogens is 1580 g/mol. The van der Waals surface area contributed by atoms with E-state index in [-0.39, 0.29) is 29.4 Å². The summed E-state index contributed by atoms with van der Waals surface area (Å²) in [6, 6.07) is 53.4. The van der Waals surface area contributed by atoms with Crippen molar-refractivity contribution in [1.82, 2.24) is 19.9 Å². The maximum atomic E-state index is 14.4. The molecule has 8 N–H and O–H groups in total. The number of fused-ring (bicyclic) bond motifs is 4. The van der Waals surface area contributed by atoms with Crippen molar-refractivity contribution < 1.29 is 67.0 Å². The fraction of sp³-hybridized carbons (Fsp3) is 0.227. The Morgan fingerprint density at radius 1 is 0.449 bits per heavy atom. The summed E-state index contributed by atoms with van der Waals surface area (Å²) >= 11 is 6.56. The number of nitrogens with zero attached hydrogens (tertiary/aromatic N) is 6. The second kappa shape index (κ2) is 43.4. The van der Waals surface area contributed by atoms with Gasteiger partial charge in [-0.3, -0.25) is 14.4 Å². The van der Waals surface area contributed by atoms with Crippen molar-refractivity contribution in [2.45, 2.75) is 53.4 Å². The van der Waals surface area contributed by atoms with Gasteiger partial charge in [-0.15, -0.1) is 45.3 Å². The second-order valence-electron chi connectivity index (χ2n) is 26.7. The number of aromatic hydroxyl groups is 1. The van der Waals surface area contributed by atoms with Gasteiger partial charge in [0.15, 0.2) is 11.6 Å². The number of carboxylic acid groups (broad SMARTS) is 1. The van der Waals surface area contributed by atoms with Crippen LogP contribution in [0.2, 0.25) is 0 Å². The number of aromatic carboxylic acids is 1. The van der Waals surface area contributed by atoms with E-state index in [4.69, 9.17) is 55.3 Å². The lowest BCUT2D eigenvalue weighted by Crippen LogP contribution is -2.36. The zero-order valence-corrected chi connectivity index (χ0v) is 68.5. The number of aliphatic hydroxyl groups excluding tert-OH is 1. The van der Waals surface area contributed by atoms with E-state index in [1.54, 1.807) is 81.2 Å². The average molecular weight is 1660 g/mol. The van der Waals surface area contributed by atoms with E-state index < -0.39 is 29.2 Å². The molecule has 0 aliphatic carbocycles. The summed E-state index contributed by atoms with van der Waals surface area (Å²) in [5.41, 5.74) is 21.8. The number of hydrogen-bond acceptors (Lipinski definition) is 22. The number of aryl methyl sites for hydroxylation is 4. The molecule has 0 bridgehead atoms. The number of carbonyl (C=O) groups is 4. The normalized spacial score (nSPS) is 12.2. The Morgan fingerprint density at radius 2 is 0.788 bits per heavy atom. The summed E-state index contributed by atoms with van der Waals surface area (Å²) < 4.78 is 56.1. The van der Waals surface area contributed by atoms with Crippen molar-refractivity contribution in [3.8, 4) is 23.0 Å². The van der Waals surface area contributed by atoms with Crippen LogP contribution < -0.4 is 45.7 Å². The second-order valence-corrected chi connectivity index (χ2v) is 30.5. The van der Waals surface area contributed by atoms with Crippen LogP contribution in [0.5, 0.6) is 23.0 Å². The highest BCUT2D eigenvalue weighted by Crippen LogP contribution is 2.36. The van der Waals surface area contributed by atoms with E-state index in [0.29, 0.717) is 106 Å². The number of nitrogens with two attached hydrogens (primary N) is 1. The molecule has 2 aliphatic heterocycles. The molecule has 0 spiro atoms. The first-order chi connectivity index (χ1) is 57.2. The fourth-order valence-electron chi connectivity index (χ4n) is 12.8. The third-order valence-electron chi connectivity index (χ3n) is 18.9. The number of nitrogens with one attached hydrogen (secondary N) is 3. The zero-order valence-electron chi connectivity index (χ0n) is 65.3. The summed E-state index contributed by atoms with van der Waals surface area (Å²) in [6.45, 7) is 15.0. The summed E-state index contributed by atoms with van der Waals surface area (Å²) in [5, 5.41) is 42.2. The summed E-state index contributed by atoms with van der Waals surface area (Å²) in [6.07, 6.45) is 3.24. The number of phenols is 1. The molecule has 0 saturated carbocycles. The number of aliphatic hydroxyl groups is 1. The molecule has 10 aromatic carbocycles. The van der Waals surface area contributed by atoms with Crippen molar-refractivity contribution in [3.63, 3.8) is 0 Å². The molecule has 2 saturated heterocycles. The van der Waals surface area contributed by atoms with Crippen molar-refractivity contribution in [3.05, 3.63) is 269 Å². The van der Waals surface area contributed by atoms with Crippen LogP contribution in [0.3, 0.4) is 0 Å². The predicted octanol–water partition coefficient (Wildman–Crippen LogP) is 17.8. The first kappa shape index (κ1) is 87.0. The zero-order chi connectivity index (χ0) is 83.5. The molecule has 604 valence electrons. The number of benzene rings is 10. The van der Waals surface area contributed by atoms with Gasteiger partial charge in [0, 0.05) is 161 Å². The number of nitrogen functional groups attached to an aromatic ring is 1. The van der Waals surface area contributed by atoms with Crippen molar-refractivity contribution in [2.24, 2.45) is 0 Å². The molecule has 6 heterocycles. The van der Waals surface area contributed by atoms with Crippen LogP contribution in [0, 0.1) is 39.3 Å². The van der Waals surface area contributed by atoms with Gasteiger partial charge in [0.25, 0.3) is 5.91 Å². The van der Waals surface area contributed by atoms with Gasteiger partial charge in [0.2, 0.25) is 15.7 Å². The van der Waals surface area contributed by atoms with Gasteiger partial charge in [0.05, 0.1) is 96.6 Å². The summed E-state index contributed by atoms with van der Waals surface area (Å²) in [4.78, 5) is 71.4. The molecular formula is C88H86B2F2N10O12S4. The third-order valence-corrected chi connectivity index (χ3v) is 22.8. The number of ether oxygens (including phenoxy) is 5. The molecule has 4 aromatic heterocycles. The molecule has 22 nitrogen and oxygen atoms in total. The van der Waals surface area contributed by atoms with Crippen molar-refractivity contribution in [2.75, 3.05) is 111 Å². The van der Waals surface area contributed by atoms with Crippen LogP contribution in [-0.4, -0.2) is 153 Å². The number of amides is 3. The van der Waals surface area contributed by atoms with Crippen LogP contribution in [0.1, 0.15) is 63.0 Å². The average Bonchev–Trinajstić information content (AvgIpc) is 1.38. The first-order valence-electron chi connectivity index (χ1n) is 37.7. The van der Waals surface area contributed by atoms with Gasteiger partial charge < -0.3 is 70.5 Å². The molecule has 3 amide bonds. The number of rotatable bonds is 21. The van der Waals surface area contributed by atoms with Gasteiger partial charge in [0.1, 0.15) is 34.6 Å². The molecule has 0 atom stereocenters. The number of anilines is 6. The highest BCUT2D eigenvalue weighted by atomic mass is 32.1. The van der Waals surface area contributed by atoms with E-state index in [1.165, 1.54) is 49.8 Å². The summed E-state index contributed by atoms with van der Waals surface area (Å²) in [5.74, 6) is -1.04. The number of morpholine rings is 2. The molecule has 2 fully saturated rings. The van der Waals surface area contributed by atoms with E-state index in [1.807, 2.05) is 169 Å². The monoisotopic (exact) mass is 1660 g/mol. The molecule has 30 heteroatoms. The van der Waals surface area contributed by atoms with Gasteiger partial charge in [-0.1, -0.05) is 97.1 Å². The van der Waals surface area contributed by atoms with Crippen molar-refractivity contribution >= 4 is 162 Å². The molecule has 2 aliphatic rings. The number of phenolic OH excluding ortho intramolecular Hbond substituents is 1. The van der Waals surface area contributed by atoms with Crippen LogP contribution in [0.4, 0.5) is 52.5 Å². The molecule has 16 rings (SSSR count). The minimum Gasteiger partial charge on any atom is -0.507 e. The van der Waals surface area contributed by atoms with Crippen LogP contribution in [-0.2, 0) is 35.2 Å². The molecule has 0 unspecified atom stereocenters. The van der Waals surface area contributed by atoms with Crippen LogP contribution in [0.25, 0.3) is 43.1 Å². The minimum atomic E-state index is -1.12. The Bertz CT molecular complexity index is 5740. The van der Waals surface area contributed by atoms with E-state index in [2.05, 4.69) is 35.9 Å². The number of halogens is 2. The maximum absolute atomic E-state index is 14.4. The first-order valence-corrected chi connectivity index (χ1v) is 41.2. The van der Waals surface area contributed by atoms with Gasteiger partial charge in [-0.25, -0.2) is 33.5 Å². The highest BCUT2D eigenvalue weighted by Gasteiger charge is 2.20. The van der Waals surface area contributed by atoms with Gasteiger partial charge in [-0.05, 0) is 113 Å². The van der Waals surface area contributed by atoms with E-state index in [9.17, 15) is 33.1 Å². The number of aromatic nitrogens is 4. The number of hydrogen-bond donors (Lipinski definition) is 7. The third kappa shape index (κ3) is 24.4. The number of carboxylic acids is 1. The SMILES string of the molecule is Cc1ncsc1CCO.Cc1ncsc1CCOc1ccc(N)c2ccccc12.Cc1ncsc1CCOc1ccc(NC(=O)c2cc(F)cc(N3CCOCC3)c2)c2ccccc12.O=C(O)c1cc(F)cc(N2CCOCC2)c1.[B]C(=O)Nc1ccc(O)c2ccccc12.[B]C(=O)Nc1ccc(OCCc2scnc2C)c2ccccc12. The molecule has 14 aromatic rings. The maximum Gasteiger partial charge on any atom is 0.335 e. The van der Waals surface area contributed by atoms with E-state index in [0.717, 1.165) is 115 Å². The lowest BCUT2D eigenvalue weighted by molar-refractivity contribution is 0.0695. The largest absolute Gasteiger partial charge is 0.507 e.